The number of benzene rings is 2. The second-order valence-electron chi connectivity index (χ2n) is 6.19. The number of nitriles is 1. The Hall–Kier alpha value is -3.72. The summed E-state index contributed by atoms with van der Waals surface area (Å²) in [5, 5.41) is 15.3. The third-order valence-corrected chi connectivity index (χ3v) is 4.23. The number of hydrogen-bond acceptors (Lipinski definition) is 6. The van der Waals surface area contributed by atoms with Crippen LogP contribution in [0.1, 0.15) is 34.0 Å². The summed E-state index contributed by atoms with van der Waals surface area (Å²) in [6.07, 6.45) is 1.65. The van der Waals surface area contributed by atoms with Crippen LogP contribution >= 0.6 is 0 Å². The Morgan fingerprint density at radius 2 is 1.78 bits per heavy atom. The molecule has 0 fully saturated rings. The predicted octanol–water partition coefficient (Wildman–Crippen LogP) is 4.65. The number of hydrogen-bond donors (Lipinski definition) is 2. The minimum absolute atomic E-state index is 0.0291. The van der Waals surface area contributed by atoms with Crippen molar-refractivity contribution in [3.63, 3.8) is 0 Å². The highest BCUT2D eigenvalue weighted by molar-refractivity contribution is 5.97. The van der Waals surface area contributed by atoms with Gasteiger partial charge < -0.3 is 10.6 Å². The first-order valence-corrected chi connectivity index (χ1v) is 8.46. The molecule has 3 rings (SSSR count). The fourth-order valence-electron chi connectivity index (χ4n) is 2.79. The number of aromatic nitrogens is 2. The standard InChI is InChI=1S/C21H19N5O/c1-13-4-9-18(15(3)27)14(2)20(13)25-19-10-11-23-21(26-19)24-17-7-5-16(12-22)6-8-17/h4-11H,1-3H3,(H2,23,24,25,26). The van der Waals surface area contributed by atoms with Crippen molar-refractivity contribution in [3.05, 3.63) is 70.9 Å². The lowest BCUT2D eigenvalue weighted by Crippen LogP contribution is -2.05. The number of anilines is 4. The molecule has 0 radical (unpaired) electrons. The van der Waals surface area contributed by atoms with Crippen LogP contribution in [-0.4, -0.2) is 15.8 Å². The highest BCUT2D eigenvalue weighted by atomic mass is 16.1. The summed E-state index contributed by atoms with van der Waals surface area (Å²) in [6.45, 7) is 5.46. The number of ketones is 1. The lowest BCUT2D eigenvalue weighted by molar-refractivity contribution is 0.101. The van der Waals surface area contributed by atoms with Crippen LogP contribution in [0.25, 0.3) is 0 Å². The first-order chi connectivity index (χ1) is 13.0. The Bertz CT molecular complexity index is 1040. The maximum Gasteiger partial charge on any atom is 0.229 e. The number of Topliss-reactive ketones (excluding diaryl/α,β-unsaturated/α-hetero) is 1. The first-order valence-electron chi connectivity index (χ1n) is 8.46. The Labute approximate surface area is 157 Å². The fraction of sp³-hybridized carbons (Fsp3) is 0.143. The molecule has 134 valence electrons. The molecule has 0 aliphatic carbocycles. The molecule has 6 heteroatoms. The molecular formula is C21H19N5O. The van der Waals surface area contributed by atoms with Crippen molar-refractivity contribution in [3.8, 4) is 6.07 Å². The van der Waals surface area contributed by atoms with E-state index in [0.717, 1.165) is 22.5 Å². The molecule has 0 aliphatic heterocycles. The molecule has 2 aromatic carbocycles. The lowest BCUT2D eigenvalue weighted by atomic mass is 10.00. The Morgan fingerprint density at radius 3 is 2.44 bits per heavy atom. The van der Waals surface area contributed by atoms with E-state index in [1.165, 1.54) is 0 Å². The summed E-state index contributed by atoms with van der Waals surface area (Å²) in [5.74, 6) is 1.08. The average molecular weight is 357 g/mol. The van der Waals surface area contributed by atoms with Crippen LogP contribution in [0.5, 0.6) is 0 Å². The van der Waals surface area contributed by atoms with Crippen molar-refractivity contribution in [2.75, 3.05) is 10.6 Å². The van der Waals surface area contributed by atoms with Gasteiger partial charge in [0.25, 0.3) is 0 Å². The van der Waals surface area contributed by atoms with Gasteiger partial charge in [-0.3, -0.25) is 4.79 Å². The summed E-state index contributed by atoms with van der Waals surface area (Å²) < 4.78 is 0. The minimum atomic E-state index is 0.0291. The third-order valence-electron chi connectivity index (χ3n) is 4.23. The van der Waals surface area contributed by atoms with Gasteiger partial charge in [0, 0.05) is 23.1 Å². The van der Waals surface area contributed by atoms with Crippen LogP contribution in [0, 0.1) is 25.2 Å². The summed E-state index contributed by atoms with van der Waals surface area (Å²) >= 11 is 0. The monoisotopic (exact) mass is 357 g/mol. The van der Waals surface area contributed by atoms with Gasteiger partial charge in [-0.2, -0.15) is 10.2 Å². The van der Waals surface area contributed by atoms with E-state index < -0.39 is 0 Å². The van der Waals surface area contributed by atoms with E-state index in [4.69, 9.17) is 5.26 Å². The number of carbonyl (C=O) groups is 1. The van der Waals surface area contributed by atoms with Crippen molar-refractivity contribution in [2.45, 2.75) is 20.8 Å². The minimum Gasteiger partial charge on any atom is -0.340 e. The molecule has 0 amide bonds. The zero-order valence-corrected chi connectivity index (χ0v) is 15.4. The molecule has 0 atom stereocenters. The van der Waals surface area contributed by atoms with Crippen molar-refractivity contribution in [1.82, 2.24) is 9.97 Å². The van der Waals surface area contributed by atoms with E-state index in [2.05, 4.69) is 26.7 Å². The molecule has 1 aromatic heterocycles. The largest absolute Gasteiger partial charge is 0.340 e. The first kappa shape index (κ1) is 18.1. The molecule has 0 aliphatic rings. The van der Waals surface area contributed by atoms with Crippen molar-refractivity contribution < 1.29 is 4.79 Å². The molecule has 3 aromatic rings. The van der Waals surface area contributed by atoms with Gasteiger partial charge in [0.05, 0.1) is 11.6 Å². The van der Waals surface area contributed by atoms with E-state index >= 15 is 0 Å². The van der Waals surface area contributed by atoms with Gasteiger partial charge >= 0.3 is 0 Å². The van der Waals surface area contributed by atoms with E-state index in [1.807, 2.05) is 26.0 Å². The zero-order valence-electron chi connectivity index (χ0n) is 15.4. The van der Waals surface area contributed by atoms with E-state index in [1.54, 1.807) is 43.5 Å². The van der Waals surface area contributed by atoms with Gasteiger partial charge in [0.15, 0.2) is 5.78 Å². The van der Waals surface area contributed by atoms with Gasteiger partial charge in [-0.25, -0.2) is 4.98 Å². The lowest BCUT2D eigenvalue weighted by Gasteiger charge is -2.15. The molecule has 27 heavy (non-hydrogen) atoms. The number of nitrogens with zero attached hydrogens (tertiary/aromatic N) is 3. The maximum absolute atomic E-state index is 11.8. The molecule has 2 N–H and O–H groups in total. The summed E-state index contributed by atoms with van der Waals surface area (Å²) in [4.78, 5) is 20.5. The highest BCUT2D eigenvalue weighted by Gasteiger charge is 2.11. The molecule has 0 saturated carbocycles. The highest BCUT2D eigenvalue weighted by Crippen LogP contribution is 2.27. The van der Waals surface area contributed by atoms with E-state index in [0.29, 0.717) is 22.9 Å². The average Bonchev–Trinajstić information content (AvgIpc) is 2.66. The molecular weight excluding hydrogens is 338 g/mol. The van der Waals surface area contributed by atoms with Crippen molar-refractivity contribution in [1.29, 1.82) is 5.26 Å². The van der Waals surface area contributed by atoms with Crippen LogP contribution in [0.2, 0.25) is 0 Å². The van der Waals surface area contributed by atoms with Gasteiger partial charge in [-0.05, 0) is 62.2 Å². The van der Waals surface area contributed by atoms with Gasteiger partial charge in [0.1, 0.15) is 5.82 Å². The predicted molar refractivity (Wildman–Crippen MR) is 106 cm³/mol. The molecule has 0 unspecified atom stereocenters. The van der Waals surface area contributed by atoms with Crippen LogP contribution in [-0.2, 0) is 0 Å². The van der Waals surface area contributed by atoms with Gasteiger partial charge in [-0.1, -0.05) is 12.1 Å². The second kappa shape index (κ2) is 7.67. The smallest absolute Gasteiger partial charge is 0.229 e. The zero-order chi connectivity index (χ0) is 19.4. The summed E-state index contributed by atoms with van der Waals surface area (Å²) in [5.41, 5.74) is 4.85. The molecule has 0 bridgehead atoms. The number of rotatable bonds is 5. The van der Waals surface area contributed by atoms with Crippen LogP contribution in [0.3, 0.4) is 0 Å². The van der Waals surface area contributed by atoms with Crippen LogP contribution in [0.15, 0.2) is 48.7 Å². The second-order valence-corrected chi connectivity index (χ2v) is 6.19. The molecule has 6 nitrogen and oxygen atoms in total. The van der Waals surface area contributed by atoms with Crippen LogP contribution < -0.4 is 10.6 Å². The topological polar surface area (TPSA) is 90.7 Å². The summed E-state index contributed by atoms with van der Waals surface area (Å²) in [6, 6.07) is 14.7. The maximum atomic E-state index is 11.8. The van der Waals surface area contributed by atoms with Crippen LogP contribution in [0.4, 0.5) is 23.1 Å². The number of aryl methyl sites for hydroxylation is 1. The van der Waals surface area contributed by atoms with Crippen molar-refractivity contribution in [2.24, 2.45) is 0 Å². The number of nitrogens with one attached hydrogen (secondary N) is 2. The molecule has 0 spiro atoms. The van der Waals surface area contributed by atoms with Gasteiger partial charge in [-0.15, -0.1) is 0 Å². The SMILES string of the molecule is CC(=O)c1ccc(C)c(Nc2ccnc(Nc3ccc(C#N)cc3)n2)c1C. The quantitative estimate of drug-likeness (QED) is 0.646. The van der Waals surface area contributed by atoms with Gasteiger partial charge in [0.2, 0.25) is 5.95 Å². The number of carbonyl (C=O) groups excluding carboxylic acids is 1. The third kappa shape index (κ3) is 4.10. The Morgan fingerprint density at radius 1 is 1.04 bits per heavy atom. The molecule has 1 heterocycles. The van der Waals surface area contributed by atoms with E-state index in [9.17, 15) is 4.79 Å². The Balaban J connectivity index is 1.85. The normalized spacial score (nSPS) is 10.1. The molecule has 0 saturated heterocycles. The summed E-state index contributed by atoms with van der Waals surface area (Å²) in [7, 11) is 0. The fourth-order valence-corrected chi connectivity index (χ4v) is 2.79. The Kier molecular flexibility index (Phi) is 5.13. The van der Waals surface area contributed by atoms with E-state index in [-0.39, 0.29) is 5.78 Å². The van der Waals surface area contributed by atoms with Crippen molar-refractivity contribution >= 4 is 28.9 Å².